The van der Waals surface area contributed by atoms with E-state index in [0.29, 0.717) is 16.3 Å². The normalized spacial score (nSPS) is 10.2. The second kappa shape index (κ2) is 5.11. The molecule has 0 radical (unpaired) electrons. The van der Waals surface area contributed by atoms with Gasteiger partial charge < -0.3 is 15.8 Å². The molecule has 4 N–H and O–H groups in total. The lowest BCUT2D eigenvalue weighted by molar-refractivity contribution is 0.0607. The summed E-state index contributed by atoms with van der Waals surface area (Å²) in [5, 5.41) is 10.7. The molecule has 0 aliphatic carbocycles. The highest BCUT2D eigenvalue weighted by Crippen LogP contribution is 2.24. The van der Waals surface area contributed by atoms with E-state index in [1.165, 1.54) is 18.4 Å². The molecule has 0 bridgehead atoms. The van der Waals surface area contributed by atoms with Crippen molar-refractivity contribution in [1.82, 2.24) is 10.2 Å². The average molecular weight is 280 g/mol. The number of H-pyrrole nitrogens is 1. The zero-order valence-electron chi connectivity index (χ0n) is 10.3. The van der Waals surface area contributed by atoms with Gasteiger partial charge >= 0.3 is 5.97 Å². The number of aryl methyl sites for hydroxylation is 1. The lowest BCUT2D eigenvalue weighted by atomic mass is 10.3. The van der Waals surface area contributed by atoms with Crippen LogP contribution in [0.3, 0.4) is 0 Å². The Hall–Kier alpha value is -2.35. The smallest absolute Gasteiger partial charge is 0.350 e. The highest BCUT2D eigenvalue weighted by Gasteiger charge is 2.19. The van der Waals surface area contributed by atoms with Gasteiger partial charge in [0.25, 0.3) is 5.91 Å². The molecule has 0 unspecified atom stereocenters. The molecule has 2 heterocycles. The quantitative estimate of drug-likeness (QED) is 0.736. The second-order valence-corrected chi connectivity index (χ2v) is 4.64. The third kappa shape index (κ3) is 2.43. The predicted molar refractivity (Wildman–Crippen MR) is 71.3 cm³/mol. The van der Waals surface area contributed by atoms with Crippen molar-refractivity contribution in [3.05, 3.63) is 27.7 Å². The number of esters is 1. The van der Waals surface area contributed by atoms with Gasteiger partial charge in [-0.25, -0.2) is 4.79 Å². The van der Waals surface area contributed by atoms with Crippen LogP contribution in [0.2, 0.25) is 0 Å². The number of aromatic nitrogens is 2. The van der Waals surface area contributed by atoms with Gasteiger partial charge in [-0.05, 0) is 18.4 Å². The summed E-state index contributed by atoms with van der Waals surface area (Å²) >= 11 is 1.18. The zero-order chi connectivity index (χ0) is 14.0. The van der Waals surface area contributed by atoms with E-state index >= 15 is 0 Å². The SMILES string of the molecule is COC(=O)c1sccc1NC(=O)c1n[nH]c(C)c1N. The van der Waals surface area contributed by atoms with Gasteiger partial charge in [0.05, 0.1) is 24.2 Å². The van der Waals surface area contributed by atoms with Crippen molar-refractivity contribution in [2.75, 3.05) is 18.2 Å². The Bertz CT molecular complexity index is 632. The third-order valence-corrected chi connectivity index (χ3v) is 3.39. The van der Waals surface area contributed by atoms with Gasteiger partial charge in [0, 0.05) is 0 Å². The fraction of sp³-hybridized carbons (Fsp3) is 0.182. The van der Waals surface area contributed by atoms with Gasteiger partial charge in [0.2, 0.25) is 0 Å². The lowest BCUT2D eigenvalue weighted by Gasteiger charge is -2.04. The van der Waals surface area contributed by atoms with Crippen LogP contribution in [0.25, 0.3) is 0 Å². The summed E-state index contributed by atoms with van der Waals surface area (Å²) < 4.78 is 4.62. The Labute approximate surface area is 112 Å². The molecule has 19 heavy (non-hydrogen) atoms. The molecule has 0 fully saturated rings. The predicted octanol–water partition coefficient (Wildman–Crippen LogP) is 1.40. The third-order valence-electron chi connectivity index (χ3n) is 2.49. The minimum Gasteiger partial charge on any atom is -0.465 e. The number of anilines is 2. The molecular weight excluding hydrogens is 268 g/mol. The van der Waals surface area contributed by atoms with Gasteiger partial charge in [0.1, 0.15) is 4.88 Å². The Morgan fingerprint density at radius 1 is 1.53 bits per heavy atom. The van der Waals surface area contributed by atoms with Crippen molar-refractivity contribution in [1.29, 1.82) is 0 Å². The van der Waals surface area contributed by atoms with E-state index in [9.17, 15) is 9.59 Å². The number of rotatable bonds is 3. The van der Waals surface area contributed by atoms with Crippen LogP contribution in [0.1, 0.15) is 25.9 Å². The first-order valence-electron chi connectivity index (χ1n) is 5.32. The number of thiophene rings is 1. The monoisotopic (exact) mass is 280 g/mol. The van der Waals surface area contributed by atoms with E-state index in [4.69, 9.17) is 5.73 Å². The molecule has 0 aliphatic heterocycles. The largest absolute Gasteiger partial charge is 0.465 e. The standard InChI is InChI=1S/C11H12N4O3S/c1-5-7(12)8(15-14-5)10(16)13-6-3-4-19-9(6)11(17)18-2/h3-4H,12H2,1-2H3,(H,13,16)(H,14,15). The van der Waals surface area contributed by atoms with E-state index < -0.39 is 11.9 Å². The fourth-order valence-corrected chi connectivity index (χ4v) is 2.22. The van der Waals surface area contributed by atoms with E-state index in [1.807, 2.05) is 0 Å². The molecule has 2 aromatic rings. The highest BCUT2D eigenvalue weighted by molar-refractivity contribution is 7.12. The summed E-state index contributed by atoms with van der Waals surface area (Å²) in [5.74, 6) is -0.984. The summed E-state index contributed by atoms with van der Waals surface area (Å²) in [4.78, 5) is 23.8. The summed E-state index contributed by atoms with van der Waals surface area (Å²) in [6.07, 6.45) is 0. The van der Waals surface area contributed by atoms with E-state index in [0.717, 1.165) is 0 Å². The molecule has 1 amide bonds. The number of hydrogen-bond donors (Lipinski definition) is 3. The van der Waals surface area contributed by atoms with Crippen LogP contribution in [0.15, 0.2) is 11.4 Å². The lowest BCUT2D eigenvalue weighted by Crippen LogP contribution is -2.15. The van der Waals surface area contributed by atoms with E-state index in [-0.39, 0.29) is 11.4 Å². The van der Waals surface area contributed by atoms with Crippen LogP contribution in [-0.2, 0) is 4.74 Å². The summed E-state index contributed by atoms with van der Waals surface area (Å²) in [5.41, 5.74) is 7.09. The zero-order valence-corrected chi connectivity index (χ0v) is 11.1. The van der Waals surface area contributed by atoms with Crippen LogP contribution < -0.4 is 11.1 Å². The van der Waals surface area contributed by atoms with Gasteiger partial charge in [0.15, 0.2) is 5.69 Å². The molecule has 100 valence electrons. The molecular formula is C11H12N4O3S. The average Bonchev–Trinajstić information content (AvgIpc) is 2.97. The molecule has 0 atom stereocenters. The van der Waals surface area contributed by atoms with Gasteiger partial charge in [-0.15, -0.1) is 11.3 Å². The Morgan fingerprint density at radius 3 is 2.84 bits per heavy atom. The Kier molecular flexibility index (Phi) is 3.52. The second-order valence-electron chi connectivity index (χ2n) is 3.72. The van der Waals surface area contributed by atoms with Crippen molar-refractivity contribution in [3.63, 3.8) is 0 Å². The number of ether oxygens (including phenoxy) is 1. The highest BCUT2D eigenvalue weighted by atomic mass is 32.1. The number of hydrogen-bond acceptors (Lipinski definition) is 6. The molecule has 7 nitrogen and oxygen atoms in total. The Morgan fingerprint density at radius 2 is 2.26 bits per heavy atom. The number of aromatic amines is 1. The van der Waals surface area contributed by atoms with Gasteiger partial charge in [-0.2, -0.15) is 5.10 Å². The summed E-state index contributed by atoms with van der Waals surface area (Å²) in [6.45, 7) is 1.71. The maximum absolute atomic E-state index is 12.0. The fourth-order valence-electron chi connectivity index (χ4n) is 1.45. The van der Waals surface area contributed by atoms with Crippen molar-refractivity contribution >= 4 is 34.6 Å². The van der Waals surface area contributed by atoms with E-state index in [1.54, 1.807) is 18.4 Å². The van der Waals surface area contributed by atoms with E-state index in [2.05, 4.69) is 20.3 Å². The van der Waals surface area contributed by atoms with Gasteiger partial charge in [-0.1, -0.05) is 0 Å². The first kappa shape index (κ1) is 13.1. The van der Waals surface area contributed by atoms with Crippen molar-refractivity contribution in [3.8, 4) is 0 Å². The maximum Gasteiger partial charge on any atom is 0.350 e. The molecule has 0 aromatic carbocycles. The van der Waals surface area contributed by atoms with Crippen LogP contribution >= 0.6 is 11.3 Å². The topological polar surface area (TPSA) is 110 Å². The first-order valence-corrected chi connectivity index (χ1v) is 6.20. The van der Waals surface area contributed by atoms with Crippen molar-refractivity contribution in [2.24, 2.45) is 0 Å². The molecule has 0 spiro atoms. The van der Waals surface area contributed by atoms with Crippen molar-refractivity contribution in [2.45, 2.75) is 6.92 Å². The molecule has 2 aromatic heterocycles. The number of methoxy groups -OCH3 is 1. The molecule has 0 saturated carbocycles. The van der Waals surface area contributed by atoms with Crippen LogP contribution in [-0.4, -0.2) is 29.2 Å². The minimum atomic E-state index is -0.503. The minimum absolute atomic E-state index is 0.0968. The summed E-state index contributed by atoms with van der Waals surface area (Å²) in [7, 11) is 1.28. The van der Waals surface area contributed by atoms with Gasteiger partial charge in [-0.3, -0.25) is 9.89 Å². The first-order chi connectivity index (χ1) is 9.04. The maximum atomic E-state index is 12.0. The molecule has 8 heteroatoms. The number of nitrogens with two attached hydrogens (primary N) is 1. The molecule has 2 rings (SSSR count). The number of nitrogens with one attached hydrogen (secondary N) is 2. The van der Waals surface area contributed by atoms with Crippen LogP contribution in [0.4, 0.5) is 11.4 Å². The van der Waals surface area contributed by atoms with Crippen LogP contribution in [0.5, 0.6) is 0 Å². The molecule has 0 aliphatic rings. The number of carbonyl (C=O) groups is 2. The number of nitrogen functional groups attached to an aromatic ring is 1. The van der Waals surface area contributed by atoms with Crippen molar-refractivity contribution < 1.29 is 14.3 Å². The number of carbonyl (C=O) groups excluding carboxylic acids is 2. The summed E-state index contributed by atoms with van der Waals surface area (Å²) in [6, 6.07) is 1.62. The number of amides is 1. The Balaban J connectivity index is 2.23. The molecule has 0 saturated heterocycles. The number of nitrogens with zero attached hydrogens (tertiary/aromatic N) is 1. The van der Waals surface area contributed by atoms with Crippen LogP contribution in [0, 0.1) is 6.92 Å².